The smallest absolute Gasteiger partial charge is 0.419 e. The molecule has 25 nitrogen and oxygen atoms in total. The summed E-state index contributed by atoms with van der Waals surface area (Å²) >= 11 is 6.33. The molecule has 2 N–H and O–H groups in total. The van der Waals surface area contributed by atoms with Crippen molar-refractivity contribution in [1.82, 2.24) is 48.3 Å². The Morgan fingerprint density at radius 3 is 1.48 bits per heavy atom. The molecule has 8 aliphatic heterocycles. The largest absolute Gasteiger partial charge is 0.497 e. The predicted molar refractivity (Wildman–Crippen MR) is 482 cm³/mol. The highest BCUT2D eigenvalue weighted by atomic mass is 35.5. The van der Waals surface area contributed by atoms with Crippen LogP contribution in [0.1, 0.15) is 149 Å². The summed E-state index contributed by atoms with van der Waals surface area (Å²) in [6.45, 7) is 11.6. The normalized spacial score (nSPS) is 16.4. The Morgan fingerprint density at radius 2 is 0.969 bits per heavy atom. The Balaban J connectivity index is 0.000000134. The fourth-order valence-corrected chi connectivity index (χ4v) is 19.3. The number of hydrogen-bond acceptors (Lipinski definition) is 16. The number of nitrogens with zero attached hydrogens (tertiary/aromatic N) is 10. The summed E-state index contributed by atoms with van der Waals surface area (Å²) in [5, 5.41) is 9.53. The van der Waals surface area contributed by atoms with Gasteiger partial charge in [-0.2, -0.15) is 23.4 Å². The van der Waals surface area contributed by atoms with Crippen molar-refractivity contribution < 1.29 is 87.0 Å². The number of primary amides is 1. The van der Waals surface area contributed by atoms with E-state index in [1.54, 1.807) is 41.2 Å². The molecule has 0 atom stereocenters. The maximum atomic E-state index is 13.9. The van der Waals surface area contributed by atoms with Crippen LogP contribution in [-0.2, 0) is 52.2 Å². The summed E-state index contributed by atoms with van der Waals surface area (Å²) in [5.41, 5.74) is 16.1. The van der Waals surface area contributed by atoms with Crippen LogP contribution in [0.4, 0.5) is 17.6 Å². The third-order valence-electron chi connectivity index (χ3n) is 25.7. The lowest BCUT2D eigenvalue weighted by atomic mass is 9.81. The van der Waals surface area contributed by atoms with Crippen LogP contribution >= 0.6 is 11.6 Å². The first-order chi connectivity index (χ1) is 62.6. The van der Waals surface area contributed by atoms with Gasteiger partial charge in [0.15, 0.2) is 29.3 Å². The van der Waals surface area contributed by atoms with Crippen molar-refractivity contribution in [2.24, 2.45) is 19.8 Å². The van der Waals surface area contributed by atoms with Gasteiger partial charge in [0.2, 0.25) is 0 Å². The van der Waals surface area contributed by atoms with Crippen LogP contribution < -0.4 is 43.6 Å². The van der Waals surface area contributed by atoms with E-state index in [2.05, 4.69) is 26.9 Å². The maximum absolute atomic E-state index is 13.9. The van der Waals surface area contributed by atoms with Gasteiger partial charge < -0.3 is 77.1 Å². The van der Waals surface area contributed by atoms with E-state index >= 15 is 0 Å². The molecule has 130 heavy (non-hydrogen) atoms. The molecule has 8 aliphatic rings. The van der Waals surface area contributed by atoms with Crippen molar-refractivity contribution >= 4 is 41.1 Å². The van der Waals surface area contributed by atoms with Gasteiger partial charge in [0.25, 0.3) is 29.5 Å². The molecule has 0 bridgehead atoms. The molecule has 678 valence electrons. The van der Waals surface area contributed by atoms with Gasteiger partial charge in [-0.15, -0.1) is 0 Å². The van der Waals surface area contributed by atoms with Crippen molar-refractivity contribution in [1.29, 1.82) is 0 Å². The van der Waals surface area contributed by atoms with Gasteiger partial charge in [0.05, 0.1) is 89.6 Å². The third kappa shape index (κ3) is 17.2. The minimum atomic E-state index is -4.66. The Kier molecular flexibility index (Phi) is 24.6. The molecule has 8 aromatic carbocycles. The lowest BCUT2D eigenvalue weighted by Crippen LogP contribution is -2.50. The van der Waals surface area contributed by atoms with Crippen LogP contribution in [-0.4, -0.2) is 170 Å². The van der Waals surface area contributed by atoms with E-state index in [1.165, 1.54) is 31.4 Å². The number of fused-ring (bicyclic) bond motifs is 16. The minimum Gasteiger partial charge on any atom is -0.497 e. The number of likely N-dealkylation sites (tertiary alicyclic amines) is 4. The highest BCUT2D eigenvalue weighted by Gasteiger charge is 2.51. The van der Waals surface area contributed by atoms with Crippen LogP contribution in [0.2, 0.25) is 5.02 Å². The van der Waals surface area contributed by atoms with Gasteiger partial charge in [0.1, 0.15) is 58.1 Å². The van der Waals surface area contributed by atoms with E-state index in [0.29, 0.717) is 111 Å². The second-order valence-corrected chi connectivity index (χ2v) is 34.4. The quantitative estimate of drug-likeness (QED) is 0.0784. The second kappa shape index (κ2) is 36.2. The van der Waals surface area contributed by atoms with Gasteiger partial charge in [-0.25, -0.2) is 4.39 Å². The first-order valence-corrected chi connectivity index (χ1v) is 43.8. The fourth-order valence-electron chi connectivity index (χ4n) is 18.9. The molecule has 30 heteroatoms. The SMILES string of the molecule is CC(C)OCCOc1ccc(C(=O)N2CCC3(CC2)Oc2ccccc2-n2cccc23)cc1C(F)(F)F.COc1cc(C(=O)N2CCC3(CC2)Oc2cc(F)ccc2-n2cccc23)ccc1OCC(N)=O.COc1ccc(C(=O)N2CCC3(CC2)Oc2ccccc2-c2c3cnn2C)c(C)c1.Cc1ccc(C(=O)N2CCC3(CC2)Oc2ccccc2-c2c3cnn2C)c(Cl)c1.[HH].[HH]. The minimum absolute atomic E-state index is 0. The van der Waals surface area contributed by atoms with Crippen molar-refractivity contribution in [2.75, 3.05) is 86.4 Å². The van der Waals surface area contributed by atoms with E-state index in [-0.39, 0.29) is 63.6 Å². The molecule has 4 aromatic heterocycles. The van der Waals surface area contributed by atoms with Crippen LogP contribution in [0, 0.1) is 19.7 Å². The average Bonchev–Trinajstić information content (AvgIpc) is 1.47. The highest BCUT2D eigenvalue weighted by Crippen LogP contribution is 2.54. The third-order valence-corrected chi connectivity index (χ3v) is 26.0. The Hall–Kier alpha value is -13.5. The molecule has 0 saturated carbocycles. The number of ether oxygens (including phenoxy) is 9. The number of methoxy groups -OCH3 is 2. The number of nitrogens with two attached hydrogens (primary N) is 1. The van der Waals surface area contributed by atoms with Gasteiger partial charge in [-0.3, -0.25) is 33.3 Å². The summed E-state index contributed by atoms with van der Waals surface area (Å²) < 4.78 is 116. The number of halogens is 5. The maximum Gasteiger partial charge on any atom is 0.419 e. The van der Waals surface area contributed by atoms with E-state index < -0.39 is 46.0 Å². The Morgan fingerprint density at radius 1 is 0.492 bits per heavy atom. The monoisotopic (exact) mass is 1790 g/mol. The van der Waals surface area contributed by atoms with Crippen molar-refractivity contribution in [2.45, 2.75) is 114 Å². The summed E-state index contributed by atoms with van der Waals surface area (Å²) in [7, 11) is 7.03. The topological polar surface area (TPSA) is 253 Å². The van der Waals surface area contributed by atoms with E-state index in [1.807, 2.05) is 212 Å². The molecular formula is C100H104ClF4N11O14. The van der Waals surface area contributed by atoms with Gasteiger partial charge >= 0.3 is 6.18 Å². The average molecular weight is 1800 g/mol. The molecule has 4 fully saturated rings. The van der Waals surface area contributed by atoms with E-state index in [4.69, 9.17) is 60.0 Å². The summed E-state index contributed by atoms with van der Waals surface area (Å²) in [5.74, 6) is 2.66. The molecule has 4 spiro atoms. The number of aromatic nitrogens is 6. The van der Waals surface area contributed by atoms with Crippen LogP contribution in [0.25, 0.3) is 33.9 Å². The van der Waals surface area contributed by atoms with Gasteiger partial charge in [0, 0.05) is 178 Å². The zero-order chi connectivity index (χ0) is 91.1. The lowest BCUT2D eigenvalue weighted by molar-refractivity contribution is -0.139. The number of rotatable bonds is 14. The summed E-state index contributed by atoms with van der Waals surface area (Å²) in [4.78, 5) is 70.8. The van der Waals surface area contributed by atoms with E-state index in [9.17, 15) is 41.5 Å². The number of amides is 5. The van der Waals surface area contributed by atoms with Gasteiger partial charge in [-0.05, 0) is 178 Å². The molecule has 12 heterocycles. The Labute approximate surface area is 757 Å². The van der Waals surface area contributed by atoms with Crippen molar-refractivity contribution in [3.05, 3.63) is 285 Å². The first kappa shape index (κ1) is 88.5. The lowest BCUT2D eigenvalue weighted by Gasteiger charge is -2.45. The highest BCUT2D eigenvalue weighted by molar-refractivity contribution is 6.34. The molecule has 0 unspecified atom stereocenters. The standard InChI is InChI=1S/C28H29F3N2O4.C25H24FN3O5.C24H25N3O3.C23H22ClN3O2.2H2/c1-19(2)35-16-17-36-23-10-9-20(18-21(23)28(29,30)31)26(34)32-14-11-27(12-15-32)25-8-5-13-33(25)22-6-3-4-7-24(22)37-27;1-32-21-13-16(4-7-19(21)33-15-23(27)30)24(31)28-11-8-25(9-12-28)22-3-2-10-29(22)18-6-5-17(26)14-20(18)34-25;1-16-14-17(29-3)8-9-18(16)23(28)27-12-10-24(11-13-27)20-15-25-26(2)22(20)19-6-4-5-7-21(19)30-24;1-15-7-8-16(19(24)13-15)22(28)27-11-9-23(10-12-27)18-14-25-26(2)21(18)17-5-3-4-6-20(17)29-23;;/h3-10,13,18-19H,11-12,14-17H2,1-2H3;2-7,10,13-14H,8-9,11-12,15H2,1H3,(H2,27,30);4-9,14-15H,10-13H2,1-3H3;3-8,13-14H,9-12H2,1-2H3;2*1H. The number of para-hydroxylation sites is 4. The molecule has 5 amide bonds. The second-order valence-electron chi connectivity index (χ2n) is 34.0. The van der Waals surface area contributed by atoms with Crippen LogP contribution in [0.5, 0.6) is 46.0 Å². The molecule has 0 radical (unpaired) electrons. The number of alkyl halides is 3. The number of carbonyl (C=O) groups is 5. The van der Waals surface area contributed by atoms with Crippen LogP contribution in [0.15, 0.2) is 213 Å². The number of aryl methyl sites for hydroxylation is 4. The summed E-state index contributed by atoms with van der Waals surface area (Å²) in [6.07, 6.45) is 8.17. The zero-order valence-electron chi connectivity index (χ0n) is 73.4. The van der Waals surface area contributed by atoms with Crippen molar-refractivity contribution in [3.8, 4) is 79.9 Å². The molecule has 0 aliphatic carbocycles. The predicted octanol–water partition coefficient (Wildman–Crippen LogP) is 17.8. The number of carbonyl (C=O) groups excluding carboxylic acids is 5. The number of benzene rings is 8. The summed E-state index contributed by atoms with van der Waals surface area (Å²) in [6, 6.07) is 56.0. The molecule has 4 saturated heterocycles. The van der Waals surface area contributed by atoms with Crippen molar-refractivity contribution in [3.63, 3.8) is 0 Å². The Bertz CT molecular complexity index is 6300. The molecular weight excluding hydrogens is 1690 g/mol. The zero-order valence-corrected chi connectivity index (χ0v) is 74.1. The first-order valence-electron chi connectivity index (χ1n) is 43.5. The molecule has 20 rings (SSSR count). The number of hydrogen-bond donors (Lipinski definition) is 1. The molecule has 12 aromatic rings. The number of piperidine rings is 4. The van der Waals surface area contributed by atoms with Gasteiger partial charge in [-0.1, -0.05) is 54.1 Å². The van der Waals surface area contributed by atoms with Crippen LogP contribution in [0.3, 0.4) is 0 Å². The fraction of sp³-hybridized carbons (Fsp3) is 0.330. The van der Waals surface area contributed by atoms with E-state index in [0.717, 1.165) is 128 Å².